The summed E-state index contributed by atoms with van der Waals surface area (Å²) >= 11 is 0. The largest absolute Gasteiger partial charge is 0.310 e. The van der Waals surface area contributed by atoms with Crippen molar-refractivity contribution < 1.29 is 0 Å². The van der Waals surface area contributed by atoms with Crippen molar-refractivity contribution in [3.05, 3.63) is 198 Å². The van der Waals surface area contributed by atoms with Crippen molar-refractivity contribution in [2.75, 3.05) is 4.90 Å². The normalized spacial score (nSPS) is 13.3. The Hall–Kier alpha value is -6.19. The van der Waals surface area contributed by atoms with E-state index in [1.165, 1.54) is 44.6 Å². The van der Waals surface area contributed by atoms with Gasteiger partial charge in [0.05, 0.1) is 16.7 Å². The third-order valence-electron chi connectivity index (χ3n) is 9.98. The smallest absolute Gasteiger partial charge is 0.134 e. The van der Waals surface area contributed by atoms with Gasteiger partial charge in [-0.25, -0.2) is 4.98 Å². The van der Waals surface area contributed by atoms with E-state index in [1.807, 2.05) is 0 Å². The first-order chi connectivity index (χ1) is 23.3. The number of imidazole rings is 1. The van der Waals surface area contributed by atoms with Crippen LogP contribution in [0.1, 0.15) is 22.5 Å². The van der Waals surface area contributed by atoms with Crippen LogP contribution in [0.25, 0.3) is 39.0 Å². The highest BCUT2D eigenvalue weighted by Gasteiger charge is 2.54. The van der Waals surface area contributed by atoms with E-state index in [0.29, 0.717) is 0 Å². The lowest BCUT2D eigenvalue weighted by Gasteiger charge is -2.27. The summed E-state index contributed by atoms with van der Waals surface area (Å²) in [5.41, 5.74) is 15.0. The molecule has 1 spiro atoms. The molecule has 10 rings (SSSR count). The maximum absolute atomic E-state index is 5.56. The molecule has 7 aromatic carbocycles. The zero-order chi connectivity index (χ0) is 31.0. The Labute approximate surface area is 273 Å². The number of aromatic nitrogens is 2. The van der Waals surface area contributed by atoms with E-state index < -0.39 is 5.41 Å². The van der Waals surface area contributed by atoms with Crippen molar-refractivity contribution in [2.24, 2.45) is 0 Å². The van der Waals surface area contributed by atoms with E-state index in [9.17, 15) is 0 Å². The summed E-state index contributed by atoms with van der Waals surface area (Å²) in [7, 11) is 0. The molecule has 220 valence electrons. The van der Waals surface area contributed by atoms with Crippen LogP contribution >= 0.6 is 0 Å². The maximum atomic E-state index is 5.56. The van der Waals surface area contributed by atoms with Gasteiger partial charge in [-0.2, -0.15) is 0 Å². The summed E-state index contributed by atoms with van der Waals surface area (Å²) < 4.78 is 2.40. The van der Waals surface area contributed by atoms with Crippen LogP contribution in [-0.4, -0.2) is 9.55 Å². The fourth-order valence-corrected chi connectivity index (χ4v) is 8.03. The van der Waals surface area contributed by atoms with Gasteiger partial charge in [-0.3, -0.25) is 4.57 Å². The number of nitrogens with zero attached hydrogens (tertiary/aromatic N) is 3. The molecule has 0 amide bonds. The third kappa shape index (κ3) is 3.60. The van der Waals surface area contributed by atoms with Crippen molar-refractivity contribution in [1.82, 2.24) is 9.55 Å². The van der Waals surface area contributed by atoms with Crippen molar-refractivity contribution in [1.29, 1.82) is 0 Å². The van der Waals surface area contributed by atoms with Crippen molar-refractivity contribution in [2.45, 2.75) is 5.41 Å². The highest BCUT2D eigenvalue weighted by atomic mass is 15.2. The minimum atomic E-state index is -0.477. The van der Waals surface area contributed by atoms with Gasteiger partial charge < -0.3 is 4.90 Å². The molecule has 2 aliphatic rings. The first kappa shape index (κ1) is 26.1. The van der Waals surface area contributed by atoms with Gasteiger partial charge in [0, 0.05) is 17.1 Å². The number of para-hydroxylation sites is 2. The number of benzene rings is 7. The Balaban J connectivity index is 1.18. The molecule has 0 N–H and O–H groups in total. The van der Waals surface area contributed by atoms with E-state index in [4.69, 9.17) is 4.98 Å². The second kappa shape index (κ2) is 9.90. The van der Waals surface area contributed by atoms with Gasteiger partial charge >= 0.3 is 0 Å². The van der Waals surface area contributed by atoms with E-state index in [-0.39, 0.29) is 0 Å². The van der Waals surface area contributed by atoms with Crippen LogP contribution in [0.2, 0.25) is 0 Å². The predicted octanol–water partition coefficient (Wildman–Crippen LogP) is 10.8. The van der Waals surface area contributed by atoms with Gasteiger partial charge in [-0.05, 0) is 87.5 Å². The molecule has 1 aliphatic carbocycles. The van der Waals surface area contributed by atoms with E-state index in [0.717, 1.165) is 33.9 Å². The second-order valence-corrected chi connectivity index (χ2v) is 12.4. The van der Waals surface area contributed by atoms with Crippen LogP contribution in [0, 0.1) is 0 Å². The molecule has 47 heavy (non-hydrogen) atoms. The van der Waals surface area contributed by atoms with Crippen LogP contribution in [0.5, 0.6) is 0 Å². The molecule has 0 saturated carbocycles. The monoisotopic (exact) mass is 599 g/mol. The summed E-state index contributed by atoms with van der Waals surface area (Å²) in [5.74, 6) is 1.06. The quantitative estimate of drug-likeness (QED) is 0.201. The van der Waals surface area contributed by atoms with Gasteiger partial charge in [-0.15, -0.1) is 0 Å². The summed E-state index contributed by atoms with van der Waals surface area (Å²) in [6, 6.07) is 63.3. The number of anilines is 3. The van der Waals surface area contributed by atoms with E-state index in [2.05, 4.69) is 185 Å². The number of hydrogen-bond donors (Lipinski definition) is 0. The Morgan fingerprint density at radius 1 is 0.447 bits per heavy atom. The lowest BCUT2D eigenvalue weighted by Crippen LogP contribution is -2.27. The Morgan fingerprint density at radius 2 is 0.979 bits per heavy atom. The Bertz CT molecular complexity index is 2410. The Morgan fingerprint density at radius 3 is 1.68 bits per heavy atom. The van der Waals surface area contributed by atoms with Crippen LogP contribution in [0.15, 0.2) is 176 Å². The van der Waals surface area contributed by atoms with Crippen molar-refractivity contribution in [3.8, 4) is 27.9 Å². The minimum absolute atomic E-state index is 0.477. The highest BCUT2D eigenvalue weighted by molar-refractivity contribution is 5.93. The van der Waals surface area contributed by atoms with Crippen LogP contribution in [0.4, 0.5) is 17.1 Å². The maximum Gasteiger partial charge on any atom is 0.134 e. The molecule has 0 atom stereocenters. The van der Waals surface area contributed by atoms with Crippen LogP contribution in [-0.2, 0) is 5.41 Å². The van der Waals surface area contributed by atoms with E-state index >= 15 is 0 Å². The lowest BCUT2D eigenvalue weighted by atomic mass is 9.73. The molecular weight excluding hydrogens is 571 g/mol. The molecule has 8 aromatic rings. The van der Waals surface area contributed by atoms with Gasteiger partial charge in [0.25, 0.3) is 0 Å². The molecule has 0 fully saturated rings. The first-order valence-electron chi connectivity index (χ1n) is 16.2. The van der Waals surface area contributed by atoms with Gasteiger partial charge in [0.1, 0.15) is 11.2 Å². The molecule has 1 aromatic heterocycles. The third-order valence-corrected chi connectivity index (χ3v) is 9.98. The average molecular weight is 600 g/mol. The van der Waals surface area contributed by atoms with Crippen LogP contribution in [0.3, 0.4) is 0 Å². The fourth-order valence-electron chi connectivity index (χ4n) is 8.03. The highest BCUT2D eigenvalue weighted by Crippen LogP contribution is 2.60. The Kier molecular flexibility index (Phi) is 5.49. The van der Waals surface area contributed by atoms with Gasteiger partial charge in [0.15, 0.2) is 0 Å². The second-order valence-electron chi connectivity index (χ2n) is 12.4. The van der Waals surface area contributed by atoms with Crippen molar-refractivity contribution in [3.63, 3.8) is 0 Å². The topological polar surface area (TPSA) is 21.1 Å². The predicted molar refractivity (Wildman–Crippen MR) is 192 cm³/mol. The SMILES string of the molecule is c1ccc(-c2ccc(N(c3ccccc3)c3ccc4c(c3)nc3n4-c4ccccc4C34c3ccccc3-c3ccccc34)cc2)cc1. The van der Waals surface area contributed by atoms with Gasteiger partial charge in [-0.1, -0.05) is 127 Å². The van der Waals surface area contributed by atoms with Crippen LogP contribution < -0.4 is 4.90 Å². The summed E-state index contributed by atoms with van der Waals surface area (Å²) in [6.45, 7) is 0. The molecule has 0 saturated heterocycles. The molecular formula is C44H29N3. The van der Waals surface area contributed by atoms with E-state index in [1.54, 1.807) is 0 Å². The molecule has 0 bridgehead atoms. The molecule has 1 aliphatic heterocycles. The summed E-state index contributed by atoms with van der Waals surface area (Å²) in [4.78, 5) is 7.88. The average Bonchev–Trinajstić information content (AvgIpc) is 3.76. The molecule has 3 nitrogen and oxygen atoms in total. The summed E-state index contributed by atoms with van der Waals surface area (Å²) in [6.07, 6.45) is 0. The summed E-state index contributed by atoms with van der Waals surface area (Å²) in [5, 5.41) is 0. The minimum Gasteiger partial charge on any atom is -0.310 e. The van der Waals surface area contributed by atoms with Crippen molar-refractivity contribution >= 4 is 28.1 Å². The fraction of sp³-hybridized carbons (Fsp3) is 0.0227. The lowest BCUT2D eigenvalue weighted by molar-refractivity contribution is 0.738. The molecule has 2 heterocycles. The first-order valence-corrected chi connectivity index (χ1v) is 16.2. The molecule has 0 unspecified atom stereocenters. The zero-order valence-corrected chi connectivity index (χ0v) is 25.6. The zero-order valence-electron chi connectivity index (χ0n) is 25.6. The molecule has 3 heteroatoms. The number of rotatable bonds is 4. The van der Waals surface area contributed by atoms with Gasteiger partial charge in [0.2, 0.25) is 0 Å². The standard InChI is InChI=1S/C44H29N3/c1-3-13-30(14-4-1)31-23-25-33(26-24-31)46(32-15-5-2-6-16-32)34-27-28-42-40(29-34)45-43-44(39-21-11-12-22-41(39)47(42)43)37-19-9-7-17-35(37)36-18-8-10-20-38(36)44/h1-29H. The molecule has 0 radical (unpaired) electrons. The number of hydrogen-bond acceptors (Lipinski definition) is 2. The number of fused-ring (bicyclic) bond motifs is 12.